The molecule has 0 aliphatic heterocycles. The number of rotatable bonds is 11. The lowest BCUT2D eigenvalue weighted by molar-refractivity contribution is -0.384. The Labute approximate surface area is 172 Å². The Morgan fingerprint density at radius 3 is 2.54 bits per heavy atom. The van der Waals surface area contributed by atoms with Crippen LogP contribution in [0.25, 0.3) is 0 Å². The number of nitro groups is 1. The molecular formula is C19H26N4O3S2. The van der Waals surface area contributed by atoms with Gasteiger partial charge in [0.25, 0.3) is 5.69 Å². The first-order valence-electron chi connectivity index (χ1n) is 8.87. The van der Waals surface area contributed by atoms with E-state index >= 15 is 0 Å². The SMILES string of the molecule is CNS(=O)c1ccc(NC(CCN(C)C)CSc2ccccc2)c([N+](=O)[O-])c1. The Hall–Kier alpha value is -1.94. The second kappa shape index (κ2) is 11.2. The molecule has 2 N–H and O–H groups in total. The Bertz CT molecular complexity index is 803. The molecule has 0 aromatic heterocycles. The Morgan fingerprint density at radius 2 is 1.93 bits per heavy atom. The molecule has 2 unspecified atom stereocenters. The third-order valence-electron chi connectivity index (χ3n) is 4.04. The van der Waals surface area contributed by atoms with Crippen molar-refractivity contribution >= 4 is 34.1 Å². The fourth-order valence-electron chi connectivity index (χ4n) is 2.56. The minimum absolute atomic E-state index is 0.0481. The summed E-state index contributed by atoms with van der Waals surface area (Å²) in [6.07, 6.45) is 0.841. The summed E-state index contributed by atoms with van der Waals surface area (Å²) in [5.41, 5.74) is 0.375. The molecule has 2 rings (SSSR count). The molecule has 7 nitrogen and oxygen atoms in total. The maximum absolute atomic E-state index is 11.9. The summed E-state index contributed by atoms with van der Waals surface area (Å²) in [6, 6.07) is 14.8. The van der Waals surface area contributed by atoms with Crippen molar-refractivity contribution in [1.29, 1.82) is 0 Å². The summed E-state index contributed by atoms with van der Waals surface area (Å²) < 4.78 is 14.5. The Balaban J connectivity index is 2.19. The lowest BCUT2D eigenvalue weighted by atomic mass is 10.2. The van der Waals surface area contributed by atoms with Gasteiger partial charge in [-0.1, -0.05) is 18.2 Å². The third kappa shape index (κ3) is 6.90. The lowest BCUT2D eigenvalue weighted by Gasteiger charge is -2.22. The van der Waals surface area contributed by atoms with E-state index in [0.717, 1.165) is 23.6 Å². The van der Waals surface area contributed by atoms with Crippen molar-refractivity contribution in [3.05, 3.63) is 58.6 Å². The van der Waals surface area contributed by atoms with Crippen molar-refractivity contribution in [3.8, 4) is 0 Å². The highest BCUT2D eigenvalue weighted by molar-refractivity contribution is 7.99. The highest BCUT2D eigenvalue weighted by Crippen LogP contribution is 2.29. The molecule has 0 bridgehead atoms. The molecule has 0 radical (unpaired) electrons. The first kappa shape index (κ1) is 22.4. The van der Waals surface area contributed by atoms with Crippen LogP contribution in [-0.4, -0.2) is 53.5 Å². The number of nitrogens with one attached hydrogen (secondary N) is 2. The maximum atomic E-state index is 11.9. The summed E-state index contributed by atoms with van der Waals surface area (Å²) in [6.45, 7) is 0.864. The monoisotopic (exact) mass is 422 g/mol. The molecule has 0 heterocycles. The van der Waals surface area contributed by atoms with Crippen molar-refractivity contribution in [1.82, 2.24) is 9.62 Å². The zero-order valence-electron chi connectivity index (χ0n) is 16.3. The molecule has 152 valence electrons. The fourth-order valence-corrected chi connectivity index (χ4v) is 4.20. The van der Waals surface area contributed by atoms with Gasteiger partial charge < -0.3 is 10.2 Å². The van der Waals surface area contributed by atoms with Crippen LogP contribution in [-0.2, 0) is 11.0 Å². The maximum Gasteiger partial charge on any atom is 0.293 e. The minimum atomic E-state index is -1.47. The summed E-state index contributed by atoms with van der Waals surface area (Å²) in [4.78, 5) is 14.7. The van der Waals surface area contributed by atoms with E-state index < -0.39 is 15.9 Å². The normalized spacial score (nSPS) is 13.3. The van der Waals surface area contributed by atoms with Crippen LogP contribution in [0.3, 0.4) is 0 Å². The number of hydrogen-bond acceptors (Lipinski definition) is 6. The topological polar surface area (TPSA) is 87.5 Å². The van der Waals surface area contributed by atoms with Gasteiger partial charge in [-0.05, 0) is 58.4 Å². The molecule has 0 aliphatic carbocycles. The van der Waals surface area contributed by atoms with Crippen LogP contribution >= 0.6 is 11.8 Å². The highest BCUT2D eigenvalue weighted by atomic mass is 32.2. The molecule has 0 amide bonds. The first-order valence-corrected chi connectivity index (χ1v) is 11.0. The van der Waals surface area contributed by atoms with E-state index in [9.17, 15) is 14.3 Å². The summed E-state index contributed by atoms with van der Waals surface area (Å²) in [5.74, 6) is 0.777. The van der Waals surface area contributed by atoms with Gasteiger partial charge in [0.05, 0.1) is 9.82 Å². The van der Waals surface area contributed by atoms with Crippen molar-refractivity contribution in [2.45, 2.75) is 22.3 Å². The number of anilines is 1. The molecule has 0 fully saturated rings. The van der Waals surface area contributed by atoms with Crippen molar-refractivity contribution < 1.29 is 9.13 Å². The van der Waals surface area contributed by atoms with E-state index in [1.807, 2.05) is 32.3 Å². The molecule has 0 saturated heterocycles. The molecule has 2 aromatic carbocycles. The summed E-state index contributed by atoms with van der Waals surface area (Å²) in [7, 11) is 4.09. The van der Waals surface area contributed by atoms with Crippen molar-refractivity contribution in [3.63, 3.8) is 0 Å². The first-order chi connectivity index (χ1) is 13.4. The molecule has 0 spiro atoms. The van der Waals surface area contributed by atoms with Gasteiger partial charge in [-0.25, -0.2) is 8.93 Å². The molecule has 28 heavy (non-hydrogen) atoms. The van der Waals surface area contributed by atoms with Crippen LogP contribution < -0.4 is 10.0 Å². The van der Waals surface area contributed by atoms with E-state index in [-0.39, 0.29) is 11.7 Å². The van der Waals surface area contributed by atoms with Gasteiger partial charge in [-0.15, -0.1) is 11.8 Å². The average Bonchev–Trinajstić information content (AvgIpc) is 2.70. The van der Waals surface area contributed by atoms with E-state index in [2.05, 4.69) is 27.1 Å². The largest absolute Gasteiger partial charge is 0.376 e. The minimum Gasteiger partial charge on any atom is -0.376 e. The van der Waals surface area contributed by atoms with Gasteiger partial charge in [0, 0.05) is 22.8 Å². The molecule has 0 aliphatic rings. The van der Waals surface area contributed by atoms with Crippen LogP contribution in [0.4, 0.5) is 11.4 Å². The standard InChI is InChI=1S/C19H26N4O3S2/c1-20-28(26)17-9-10-18(19(13-17)23(24)25)21-15(11-12-22(2)3)14-27-16-7-5-4-6-8-16/h4-10,13,15,20-21H,11-12,14H2,1-3H3. The average molecular weight is 423 g/mol. The van der Waals surface area contributed by atoms with E-state index in [1.165, 1.54) is 6.07 Å². The van der Waals surface area contributed by atoms with Crippen LogP contribution in [0.15, 0.2) is 58.3 Å². The molecule has 9 heteroatoms. The zero-order valence-corrected chi connectivity index (χ0v) is 17.9. The predicted octanol–water partition coefficient (Wildman–Crippen LogP) is 3.36. The smallest absolute Gasteiger partial charge is 0.293 e. The molecule has 2 aromatic rings. The second-order valence-electron chi connectivity index (χ2n) is 6.47. The van der Waals surface area contributed by atoms with Gasteiger partial charge in [-0.2, -0.15) is 0 Å². The van der Waals surface area contributed by atoms with Crippen LogP contribution in [0.1, 0.15) is 6.42 Å². The number of hydrogen-bond donors (Lipinski definition) is 2. The molecule has 2 atom stereocenters. The van der Waals surface area contributed by atoms with Crippen LogP contribution in [0, 0.1) is 10.1 Å². The van der Waals surface area contributed by atoms with Gasteiger partial charge in [-0.3, -0.25) is 10.1 Å². The van der Waals surface area contributed by atoms with Crippen LogP contribution in [0.2, 0.25) is 0 Å². The number of thioether (sulfide) groups is 1. The number of nitrogens with zero attached hydrogens (tertiary/aromatic N) is 2. The number of benzene rings is 2. The molecular weight excluding hydrogens is 396 g/mol. The fraction of sp³-hybridized carbons (Fsp3) is 0.368. The van der Waals surface area contributed by atoms with Crippen molar-refractivity contribution in [2.75, 3.05) is 38.8 Å². The van der Waals surface area contributed by atoms with Gasteiger partial charge >= 0.3 is 0 Å². The summed E-state index contributed by atoms with van der Waals surface area (Å²) >= 11 is 1.72. The van der Waals surface area contributed by atoms with Crippen LogP contribution in [0.5, 0.6) is 0 Å². The summed E-state index contributed by atoms with van der Waals surface area (Å²) in [5, 5.41) is 14.9. The predicted molar refractivity (Wildman–Crippen MR) is 116 cm³/mol. The number of nitro benzene ring substituents is 1. The molecule has 0 saturated carbocycles. The third-order valence-corrected chi connectivity index (χ3v) is 6.27. The van der Waals surface area contributed by atoms with Gasteiger partial charge in [0.15, 0.2) is 0 Å². The quantitative estimate of drug-likeness (QED) is 0.328. The van der Waals surface area contributed by atoms with Crippen molar-refractivity contribution in [2.24, 2.45) is 0 Å². The van der Waals surface area contributed by atoms with E-state index in [0.29, 0.717) is 10.6 Å². The Morgan fingerprint density at radius 1 is 1.21 bits per heavy atom. The van der Waals surface area contributed by atoms with E-state index in [1.54, 1.807) is 30.9 Å². The van der Waals surface area contributed by atoms with Gasteiger partial charge in [0.1, 0.15) is 16.7 Å². The second-order valence-corrected chi connectivity index (χ2v) is 8.98. The lowest BCUT2D eigenvalue weighted by Crippen LogP contribution is -2.28. The Kier molecular flexibility index (Phi) is 8.91. The van der Waals surface area contributed by atoms with E-state index in [4.69, 9.17) is 0 Å². The highest BCUT2D eigenvalue weighted by Gasteiger charge is 2.20. The zero-order chi connectivity index (χ0) is 20.5. The van der Waals surface area contributed by atoms with Gasteiger partial charge in [0.2, 0.25) is 0 Å².